The molecule has 2 nitrogen and oxygen atoms in total. The topological polar surface area (TPSA) is 37.3 Å². The molecular formula is C20H30O2. The maximum absolute atomic E-state index is 11.9. The van der Waals surface area contributed by atoms with Gasteiger partial charge in [0.15, 0.2) is 0 Å². The van der Waals surface area contributed by atoms with Crippen molar-refractivity contribution >= 4 is 5.97 Å². The van der Waals surface area contributed by atoms with Gasteiger partial charge >= 0.3 is 5.97 Å². The van der Waals surface area contributed by atoms with Crippen molar-refractivity contribution in [2.24, 2.45) is 28.1 Å². The van der Waals surface area contributed by atoms with Gasteiger partial charge < -0.3 is 5.11 Å². The molecule has 0 aromatic heterocycles. The van der Waals surface area contributed by atoms with Crippen LogP contribution in [0.5, 0.6) is 0 Å². The zero-order valence-corrected chi connectivity index (χ0v) is 14.3. The molecule has 2 saturated carbocycles. The van der Waals surface area contributed by atoms with Crippen LogP contribution in [-0.2, 0) is 4.79 Å². The van der Waals surface area contributed by atoms with Crippen LogP contribution in [0.4, 0.5) is 0 Å². The summed E-state index contributed by atoms with van der Waals surface area (Å²) in [7, 11) is 0. The van der Waals surface area contributed by atoms with Crippen molar-refractivity contribution in [2.75, 3.05) is 0 Å². The number of carboxylic acid groups (broad SMARTS) is 1. The van der Waals surface area contributed by atoms with Crippen LogP contribution in [0, 0.1) is 28.1 Å². The third kappa shape index (κ3) is 2.10. The van der Waals surface area contributed by atoms with E-state index in [-0.39, 0.29) is 16.7 Å². The Kier molecular flexibility index (Phi) is 3.58. The third-order valence-corrected chi connectivity index (χ3v) is 7.45. The Bertz CT molecular complexity index is 534. The molecule has 0 heterocycles. The highest BCUT2D eigenvalue weighted by Crippen LogP contribution is 2.63. The average Bonchev–Trinajstić information content (AvgIpc) is 2.49. The zero-order chi connectivity index (χ0) is 16.2. The molecule has 0 amide bonds. The first-order valence-corrected chi connectivity index (χ1v) is 8.83. The molecule has 3 rings (SSSR count). The van der Waals surface area contributed by atoms with Crippen LogP contribution >= 0.6 is 0 Å². The van der Waals surface area contributed by atoms with Crippen molar-refractivity contribution in [3.63, 3.8) is 0 Å². The Balaban J connectivity index is 1.95. The first kappa shape index (κ1) is 15.8. The van der Waals surface area contributed by atoms with Crippen LogP contribution in [0.15, 0.2) is 24.3 Å². The first-order chi connectivity index (χ1) is 10.3. The van der Waals surface area contributed by atoms with Gasteiger partial charge in [0.1, 0.15) is 0 Å². The largest absolute Gasteiger partial charge is 0.481 e. The molecule has 2 heteroatoms. The lowest BCUT2D eigenvalue weighted by Crippen LogP contribution is -2.50. The van der Waals surface area contributed by atoms with Gasteiger partial charge in [0.05, 0.1) is 5.41 Å². The van der Waals surface area contributed by atoms with E-state index in [1.807, 2.05) is 6.92 Å². The van der Waals surface area contributed by atoms with Gasteiger partial charge in [-0.3, -0.25) is 4.79 Å². The van der Waals surface area contributed by atoms with Gasteiger partial charge in [0.2, 0.25) is 0 Å². The fraction of sp³-hybridized carbons (Fsp3) is 0.750. The summed E-state index contributed by atoms with van der Waals surface area (Å²) in [5.41, 5.74) is 1.40. The molecule has 2 fully saturated rings. The van der Waals surface area contributed by atoms with E-state index in [4.69, 9.17) is 0 Å². The van der Waals surface area contributed by atoms with Crippen LogP contribution in [0.2, 0.25) is 0 Å². The Hall–Kier alpha value is -1.05. The van der Waals surface area contributed by atoms with Crippen LogP contribution in [0.3, 0.4) is 0 Å². The van der Waals surface area contributed by atoms with E-state index < -0.39 is 11.4 Å². The molecule has 3 aliphatic rings. The average molecular weight is 302 g/mol. The predicted molar refractivity (Wildman–Crippen MR) is 89.5 cm³/mol. The SMILES string of the molecule is C=C[C@]1(C)CC[C@@]2(C)C3=CCC[C@](C)(C(=O)O)[C@@H]3CC[C@@H]2C1. The van der Waals surface area contributed by atoms with E-state index in [9.17, 15) is 9.90 Å². The lowest BCUT2D eigenvalue weighted by Gasteiger charge is -2.57. The van der Waals surface area contributed by atoms with Crippen molar-refractivity contribution in [1.29, 1.82) is 0 Å². The van der Waals surface area contributed by atoms with Gasteiger partial charge in [-0.2, -0.15) is 0 Å². The van der Waals surface area contributed by atoms with Crippen molar-refractivity contribution in [3.05, 3.63) is 24.3 Å². The van der Waals surface area contributed by atoms with Crippen LogP contribution < -0.4 is 0 Å². The lowest BCUT2D eigenvalue weighted by atomic mass is 9.47. The predicted octanol–water partition coefficient (Wildman–Crippen LogP) is 5.21. The van der Waals surface area contributed by atoms with Crippen LogP contribution in [0.25, 0.3) is 0 Å². The standard InChI is InChI=1S/C20H30O2/c1-5-18(2)11-12-19(3)14(13-18)8-9-16-15(19)7-6-10-20(16,4)17(21)22/h5,7,14,16H,1,6,8-13H2,2-4H3,(H,21,22)/t14-,16-,18-,19-,20+/m1/s1. The van der Waals surface area contributed by atoms with Gasteiger partial charge in [-0.1, -0.05) is 31.6 Å². The molecule has 0 saturated heterocycles. The number of carboxylic acids is 1. The Labute approximate surface area is 134 Å². The number of allylic oxidation sites excluding steroid dienone is 3. The molecule has 122 valence electrons. The monoisotopic (exact) mass is 302 g/mol. The molecule has 0 radical (unpaired) electrons. The second-order valence-corrected chi connectivity index (χ2v) is 8.73. The fourth-order valence-electron chi connectivity index (χ4n) is 5.54. The second-order valence-electron chi connectivity index (χ2n) is 8.73. The van der Waals surface area contributed by atoms with E-state index in [1.165, 1.54) is 31.3 Å². The van der Waals surface area contributed by atoms with E-state index >= 15 is 0 Å². The Morgan fingerprint density at radius 3 is 2.64 bits per heavy atom. The summed E-state index contributed by atoms with van der Waals surface area (Å²) < 4.78 is 0. The van der Waals surface area contributed by atoms with E-state index in [0.29, 0.717) is 5.92 Å². The molecule has 0 bridgehead atoms. The summed E-state index contributed by atoms with van der Waals surface area (Å²) in [5.74, 6) is 0.327. The molecule has 1 N–H and O–H groups in total. The maximum atomic E-state index is 11.9. The molecule has 0 aromatic carbocycles. The summed E-state index contributed by atoms with van der Waals surface area (Å²) >= 11 is 0. The third-order valence-electron chi connectivity index (χ3n) is 7.45. The van der Waals surface area contributed by atoms with Gasteiger partial charge in [-0.25, -0.2) is 0 Å². The number of carbonyl (C=O) groups is 1. The number of aliphatic carboxylic acids is 1. The van der Waals surface area contributed by atoms with Crippen molar-refractivity contribution in [3.8, 4) is 0 Å². The minimum atomic E-state index is -0.600. The minimum absolute atomic E-state index is 0.211. The molecule has 3 aliphatic carbocycles. The molecule has 0 aliphatic heterocycles. The van der Waals surface area contributed by atoms with Gasteiger partial charge in [-0.05, 0) is 74.5 Å². The highest BCUT2D eigenvalue weighted by Gasteiger charge is 2.55. The summed E-state index contributed by atoms with van der Waals surface area (Å²) in [4.78, 5) is 11.9. The lowest BCUT2D eigenvalue weighted by molar-refractivity contribution is -0.153. The summed E-state index contributed by atoms with van der Waals surface area (Å²) in [6.07, 6.45) is 12.0. The molecular weight excluding hydrogens is 272 g/mol. The van der Waals surface area contributed by atoms with Gasteiger partial charge in [0.25, 0.3) is 0 Å². The molecule has 0 aromatic rings. The van der Waals surface area contributed by atoms with E-state index in [2.05, 4.69) is 32.6 Å². The fourth-order valence-corrected chi connectivity index (χ4v) is 5.54. The normalized spacial score (nSPS) is 47.9. The molecule has 0 unspecified atom stereocenters. The van der Waals surface area contributed by atoms with Gasteiger partial charge in [-0.15, -0.1) is 6.58 Å². The van der Waals surface area contributed by atoms with E-state index in [0.717, 1.165) is 19.3 Å². The molecule has 22 heavy (non-hydrogen) atoms. The summed E-state index contributed by atoms with van der Waals surface area (Å²) in [5, 5.41) is 9.80. The molecule has 0 spiro atoms. The molecule has 5 atom stereocenters. The second kappa shape index (κ2) is 4.97. The number of fused-ring (bicyclic) bond motifs is 3. The van der Waals surface area contributed by atoms with Crippen molar-refractivity contribution < 1.29 is 9.90 Å². The first-order valence-electron chi connectivity index (χ1n) is 8.83. The highest BCUT2D eigenvalue weighted by molar-refractivity contribution is 5.75. The van der Waals surface area contributed by atoms with E-state index in [1.54, 1.807) is 0 Å². The van der Waals surface area contributed by atoms with Crippen LogP contribution in [0.1, 0.15) is 65.7 Å². The van der Waals surface area contributed by atoms with Crippen molar-refractivity contribution in [2.45, 2.75) is 65.7 Å². The number of hydrogen-bond donors (Lipinski definition) is 1. The smallest absolute Gasteiger partial charge is 0.309 e. The van der Waals surface area contributed by atoms with Gasteiger partial charge in [0, 0.05) is 0 Å². The minimum Gasteiger partial charge on any atom is -0.481 e. The quantitative estimate of drug-likeness (QED) is 0.711. The highest BCUT2D eigenvalue weighted by atomic mass is 16.4. The zero-order valence-electron chi connectivity index (χ0n) is 14.3. The summed E-state index contributed by atoms with van der Waals surface area (Å²) in [6, 6.07) is 0. The number of hydrogen-bond acceptors (Lipinski definition) is 1. The Morgan fingerprint density at radius 1 is 1.27 bits per heavy atom. The van der Waals surface area contributed by atoms with Crippen molar-refractivity contribution in [1.82, 2.24) is 0 Å². The Morgan fingerprint density at radius 2 is 2.00 bits per heavy atom. The number of rotatable bonds is 2. The van der Waals surface area contributed by atoms with Crippen LogP contribution in [-0.4, -0.2) is 11.1 Å². The maximum Gasteiger partial charge on any atom is 0.309 e. The summed E-state index contributed by atoms with van der Waals surface area (Å²) in [6.45, 7) is 10.8.